The second-order valence-corrected chi connectivity index (χ2v) is 5.66. The van der Waals surface area contributed by atoms with Crippen molar-refractivity contribution in [3.8, 4) is 0 Å². The van der Waals surface area contributed by atoms with Gasteiger partial charge in [-0.1, -0.05) is 37.3 Å². The van der Waals surface area contributed by atoms with Gasteiger partial charge in [-0.2, -0.15) is 0 Å². The van der Waals surface area contributed by atoms with Crippen LogP contribution in [0.15, 0.2) is 41.8 Å². The first-order chi connectivity index (χ1) is 10.1. The zero-order valence-electron chi connectivity index (χ0n) is 11.8. The zero-order valence-corrected chi connectivity index (χ0v) is 12.7. The van der Waals surface area contributed by atoms with Gasteiger partial charge in [0.05, 0.1) is 4.88 Å². The number of nitrogens with two attached hydrogens (primary N) is 1. The number of carbonyl (C=O) groups is 2. The first-order valence-corrected chi connectivity index (χ1v) is 7.70. The fourth-order valence-electron chi connectivity index (χ4n) is 2.11. The molecular formula is C16H18N2O2S. The number of aryl methyl sites for hydroxylation is 1. The topological polar surface area (TPSA) is 72.2 Å². The molecule has 0 unspecified atom stereocenters. The average Bonchev–Trinajstić information content (AvgIpc) is 2.96. The van der Waals surface area contributed by atoms with Crippen LogP contribution >= 0.6 is 11.3 Å². The van der Waals surface area contributed by atoms with E-state index in [1.807, 2.05) is 48.7 Å². The van der Waals surface area contributed by atoms with Gasteiger partial charge in [0.1, 0.15) is 6.04 Å². The highest BCUT2D eigenvalue weighted by molar-refractivity contribution is 7.12. The second kappa shape index (κ2) is 7.04. The molecule has 0 bridgehead atoms. The largest absolute Gasteiger partial charge is 0.368 e. The molecule has 0 saturated heterocycles. The Balaban J connectivity index is 2.10. The molecule has 110 valence electrons. The van der Waals surface area contributed by atoms with Crippen molar-refractivity contribution in [1.29, 1.82) is 0 Å². The van der Waals surface area contributed by atoms with E-state index in [9.17, 15) is 9.59 Å². The highest BCUT2D eigenvalue weighted by Crippen LogP contribution is 2.17. The quantitative estimate of drug-likeness (QED) is 0.858. The summed E-state index contributed by atoms with van der Waals surface area (Å²) in [5.41, 5.74) is 7.35. The molecule has 2 rings (SSSR count). The second-order valence-electron chi connectivity index (χ2n) is 4.75. The monoisotopic (exact) mass is 302 g/mol. The predicted molar refractivity (Wildman–Crippen MR) is 84.3 cm³/mol. The van der Waals surface area contributed by atoms with Crippen molar-refractivity contribution in [2.75, 3.05) is 0 Å². The lowest BCUT2D eigenvalue weighted by Crippen LogP contribution is -2.45. The Morgan fingerprint density at radius 2 is 1.95 bits per heavy atom. The van der Waals surface area contributed by atoms with Gasteiger partial charge in [-0.15, -0.1) is 11.3 Å². The fraction of sp³-hybridized carbons (Fsp3) is 0.250. The van der Waals surface area contributed by atoms with Crippen LogP contribution in [0.5, 0.6) is 0 Å². The Morgan fingerprint density at radius 3 is 2.57 bits per heavy atom. The highest BCUT2D eigenvalue weighted by Gasteiger charge is 2.21. The lowest BCUT2D eigenvalue weighted by atomic mass is 10.1. The molecule has 1 aromatic heterocycles. The molecule has 1 heterocycles. The average molecular weight is 302 g/mol. The smallest absolute Gasteiger partial charge is 0.262 e. The van der Waals surface area contributed by atoms with E-state index < -0.39 is 11.9 Å². The van der Waals surface area contributed by atoms with Gasteiger partial charge in [0.25, 0.3) is 5.91 Å². The van der Waals surface area contributed by atoms with Gasteiger partial charge >= 0.3 is 0 Å². The molecule has 0 fully saturated rings. The summed E-state index contributed by atoms with van der Waals surface area (Å²) >= 11 is 1.38. The van der Waals surface area contributed by atoms with Crippen LogP contribution < -0.4 is 11.1 Å². The minimum absolute atomic E-state index is 0.235. The summed E-state index contributed by atoms with van der Waals surface area (Å²) in [4.78, 5) is 24.5. The van der Waals surface area contributed by atoms with E-state index >= 15 is 0 Å². The lowest BCUT2D eigenvalue weighted by Gasteiger charge is -2.15. The van der Waals surface area contributed by atoms with E-state index in [2.05, 4.69) is 5.32 Å². The van der Waals surface area contributed by atoms with Gasteiger partial charge in [0.15, 0.2) is 0 Å². The molecule has 4 nitrogen and oxygen atoms in total. The molecule has 0 saturated carbocycles. The molecule has 0 aliphatic heterocycles. The van der Waals surface area contributed by atoms with Gasteiger partial charge in [0, 0.05) is 6.42 Å². The van der Waals surface area contributed by atoms with E-state index in [0.29, 0.717) is 11.3 Å². The normalized spacial score (nSPS) is 11.9. The van der Waals surface area contributed by atoms with Crippen LogP contribution in [0.1, 0.15) is 27.7 Å². The van der Waals surface area contributed by atoms with Crippen LogP contribution in [-0.2, 0) is 17.6 Å². The lowest BCUT2D eigenvalue weighted by molar-refractivity contribution is -0.119. The Kier molecular flexibility index (Phi) is 5.11. The van der Waals surface area contributed by atoms with Crippen molar-refractivity contribution in [3.05, 3.63) is 57.8 Å². The van der Waals surface area contributed by atoms with Gasteiger partial charge in [0.2, 0.25) is 5.91 Å². The summed E-state index contributed by atoms with van der Waals surface area (Å²) in [6.07, 6.45) is 1.18. The third-order valence-electron chi connectivity index (χ3n) is 3.27. The fourth-order valence-corrected chi connectivity index (χ4v) is 3.01. The molecular weight excluding hydrogens is 284 g/mol. The molecule has 0 radical (unpaired) electrons. The standard InChI is InChI=1S/C16H18N2O2S/c1-2-12-8-9-21-14(12)16(20)18-13(15(17)19)10-11-6-4-3-5-7-11/h3-9,13H,2,10H2,1H3,(H2,17,19)(H,18,20)/t13-/m0/s1. The summed E-state index contributed by atoms with van der Waals surface area (Å²) in [6.45, 7) is 1.99. The molecule has 2 amide bonds. The molecule has 21 heavy (non-hydrogen) atoms. The number of benzene rings is 1. The van der Waals surface area contributed by atoms with E-state index in [0.717, 1.165) is 17.5 Å². The van der Waals surface area contributed by atoms with Crippen molar-refractivity contribution < 1.29 is 9.59 Å². The number of hydrogen-bond donors (Lipinski definition) is 2. The van der Waals surface area contributed by atoms with Crippen molar-refractivity contribution in [3.63, 3.8) is 0 Å². The predicted octanol–water partition coefficient (Wildman–Crippen LogP) is 2.14. The summed E-state index contributed by atoms with van der Waals surface area (Å²) in [5, 5.41) is 4.62. The van der Waals surface area contributed by atoms with Crippen LogP contribution in [0.4, 0.5) is 0 Å². The van der Waals surface area contributed by atoms with Gasteiger partial charge in [-0.05, 0) is 29.0 Å². The third kappa shape index (κ3) is 3.92. The summed E-state index contributed by atoms with van der Waals surface area (Å²) in [7, 11) is 0. The Bertz CT molecular complexity index is 622. The minimum atomic E-state index is -0.702. The van der Waals surface area contributed by atoms with Crippen molar-refractivity contribution in [2.24, 2.45) is 5.73 Å². The summed E-state index contributed by atoms with van der Waals surface area (Å²) in [5.74, 6) is -0.761. The Morgan fingerprint density at radius 1 is 1.24 bits per heavy atom. The van der Waals surface area contributed by atoms with Gasteiger partial charge in [-0.3, -0.25) is 9.59 Å². The zero-order chi connectivity index (χ0) is 15.2. The van der Waals surface area contributed by atoms with E-state index in [4.69, 9.17) is 5.73 Å². The summed E-state index contributed by atoms with van der Waals surface area (Å²) in [6, 6.07) is 10.7. The minimum Gasteiger partial charge on any atom is -0.368 e. The highest BCUT2D eigenvalue weighted by atomic mass is 32.1. The number of carbonyl (C=O) groups excluding carboxylic acids is 2. The summed E-state index contributed by atoms with van der Waals surface area (Å²) < 4.78 is 0. The van der Waals surface area contributed by atoms with E-state index in [1.54, 1.807) is 0 Å². The Labute approximate surface area is 128 Å². The first-order valence-electron chi connectivity index (χ1n) is 6.82. The molecule has 1 atom stereocenters. The van der Waals surface area contributed by atoms with E-state index in [1.165, 1.54) is 11.3 Å². The molecule has 2 aromatic rings. The molecule has 5 heteroatoms. The van der Waals surface area contributed by atoms with Crippen molar-refractivity contribution >= 4 is 23.2 Å². The van der Waals surface area contributed by atoms with Crippen molar-refractivity contribution in [2.45, 2.75) is 25.8 Å². The Hall–Kier alpha value is -2.14. The molecule has 0 spiro atoms. The number of primary amides is 1. The third-order valence-corrected chi connectivity index (χ3v) is 4.22. The first kappa shape index (κ1) is 15.3. The number of amides is 2. The van der Waals surface area contributed by atoms with Gasteiger partial charge < -0.3 is 11.1 Å². The maximum atomic E-state index is 12.3. The number of nitrogens with one attached hydrogen (secondary N) is 1. The van der Waals surface area contributed by atoms with Crippen LogP contribution in [0, 0.1) is 0 Å². The SMILES string of the molecule is CCc1ccsc1C(=O)N[C@@H](Cc1ccccc1)C(N)=O. The number of thiophene rings is 1. The molecule has 3 N–H and O–H groups in total. The maximum absolute atomic E-state index is 12.3. The van der Waals surface area contributed by atoms with Crippen LogP contribution in [0.3, 0.4) is 0 Å². The van der Waals surface area contributed by atoms with Gasteiger partial charge in [-0.25, -0.2) is 0 Å². The van der Waals surface area contributed by atoms with Crippen molar-refractivity contribution in [1.82, 2.24) is 5.32 Å². The van der Waals surface area contributed by atoms with Crippen LogP contribution in [-0.4, -0.2) is 17.9 Å². The van der Waals surface area contributed by atoms with Crippen LogP contribution in [0.25, 0.3) is 0 Å². The van der Waals surface area contributed by atoms with E-state index in [-0.39, 0.29) is 5.91 Å². The molecule has 0 aliphatic rings. The molecule has 1 aromatic carbocycles. The number of rotatable bonds is 6. The maximum Gasteiger partial charge on any atom is 0.262 e. The molecule has 0 aliphatic carbocycles. The van der Waals surface area contributed by atoms with Crippen LogP contribution in [0.2, 0.25) is 0 Å². The number of hydrogen-bond acceptors (Lipinski definition) is 3.